The number of rotatable bonds is 6. The molecule has 1 aliphatic rings. The number of aryl methyl sites for hydroxylation is 1. The average molecular weight is 389 g/mol. The second-order valence-corrected chi connectivity index (χ2v) is 6.98. The van der Waals surface area contributed by atoms with E-state index < -0.39 is 5.97 Å². The molecule has 3 aromatic rings. The Morgan fingerprint density at radius 3 is 2.52 bits per heavy atom. The zero-order valence-electron chi connectivity index (χ0n) is 16.2. The van der Waals surface area contributed by atoms with Crippen molar-refractivity contribution >= 4 is 23.7 Å². The third-order valence-corrected chi connectivity index (χ3v) is 5.02. The number of hydrazone groups is 1. The monoisotopic (exact) mass is 389 g/mol. The van der Waals surface area contributed by atoms with E-state index in [1.54, 1.807) is 30.5 Å². The van der Waals surface area contributed by atoms with Gasteiger partial charge in [-0.2, -0.15) is 10.2 Å². The first kappa shape index (κ1) is 18.7. The number of anilines is 2. The largest absolute Gasteiger partial charge is 0.478 e. The molecule has 1 saturated heterocycles. The van der Waals surface area contributed by atoms with Crippen molar-refractivity contribution in [3.63, 3.8) is 0 Å². The standard InChI is InChI=1S/C22H23N5O2/c1-16-19(15-23-24-20-12-6-5-11-18(20)22(28)29)21(26-13-7-8-14-26)27(25-16)17-9-3-2-4-10-17/h2-6,9-12,15,24H,7-8,13-14H2,1H3,(H,28,29)/b23-15+. The molecule has 0 amide bonds. The van der Waals surface area contributed by atoms with E-state index in [-0.39, 0.29) is 5.56 Å². The first-order valence-corrected chi connectivity index (χ1v) is 9.66. The van der Waals surface area contributed by atoms with Gasteiger partial charge in [-0.1, -0.05) is 30.3 Å². The molecule has 0 radical (unpaired) electrons. The van der Waals surface area contributed by atoms with E-state index in [2.05, 4.69) is 15.4 Å². The predicted octanol–water partition coefficient (Wildman–Crippen LogP) is 3.93. The van der Waals surface area contributed by atoms with Gasteiger partial charge in [0.2, 0.25) is 0 Å². The zero-order valence-corrected chi connectivity index (χ0v) is 16.2. The van der Waals surface area contributed by atoms with Crippen molar-refractivity contribution in [3.8, 4) is 5.69 Å². The number of carboxylic acid groups (broad SMARTS) is 1. The summed E-state index contributed by atoms with van der Waals surface area (Å²) in [5, 5.41) is 18.4. The summed E-state index contributed by atoms with van der Waals surface area (Å²) in [7, 11) is 0. The van der Waals surface area contributed by atoms with E-state index in [0.29, 0.717) is 5.69 Å². The molecular formula is C22H23N5O2. The Morgan fingerprint density at radius 2 is 1.79 bits per heavy atom. The highest BCUT2D eigenvalue weighted by Crippen LogP contribution is 2.29. The van der Waals surface area contributed by atoms with Crippen LogP contribution in [0.2, 0.25) is 0 Å². The maximum atomic E-state index is 11.4. The highest BCUT2D eigenvalue weighted by molar-refractivity contribution is 5.95. The second-order valence-electron chi connectivity index (χ2n) is 6.98. The molecule has 0 atom stereocenters. The van der Waals surface area contributed by atoms with Crippen molar-refractivity contribution in [1.82, 2.24) is 9.78 Å². The average Bonchev–Trinajstić information content (AvgIpc) is 3.37. The second kappa shape index (κ2) is 8.18. The third kappa shape index (κ3) is 3.85. The topological polar surface area (TPSA) is 82.8 Å². The predicted molar refractivity (Wildman–Crippen MR) is 114 cm³/mol. The fourth-order valence-electron chi connectivity index (χ4n) is 3.59. The Hall–Kier alpha value is -3.61. The van der Waals surface area contributed by atoms with Crippen LogP contribution >= 0.6 is 0 Å². The van der Waals surface area contributed by atoms with Crippen LogP contribution in [0.25, 0.3) is 5.69 Å². The van der Waals surface area contributed by atoms with Gasteiger partial charge in [-0.05, 0) is 44.0 Å². The van der Waals surface area contributed by atoms with Crippen molar-refractivity contribution in [1.29, 1.82) is 0 Å². The van der Waals surface area contributed by atoms with Gasteiger partial charge < -0.3 is 10.0 Å². The summed E-state index contributed by atoms with van der Waals surface area (Å²) in [4.78, 5) is 13.7. The number of carboxylic acids is 1. The van der Waals surface area contributed by atoms with Gasteiger partial charge in [-0.15, -0.1) is 0 Å². The third-order valence-electron chi connectivity index (χ3n) is 5.02. The lowest BCUT2D eigenvalue weighted by atomic mass is 10.2. The summed E-state index contributed by atoms with van der Waals surface area (Å²) in [6, 6.07) is 16.8. The molecule has 1 fully saturated rings. The van der Waals surface area contributed by atoms with Crippen LogP contribution in [-0.2, 0) is 0 Å². The molecule has 4 rings (SSSR count). The number of nitrogens with zero attached hydrogens (tertiary/aromatic N) is 4. The lowest BCUT2D eigenvalue weighted by Crippen LogP contribution is -2.22. The maximum Gasteiger partial charge on any atom is 0.337 e. The summed E-state index contributed by atoms with van der Waals surface area (Å²) in [6.45, 7) is 3.92. The highest BCUT2D eigenvalue weighted by Gasteiger charge is 2.23. The Kier molecular flexibility index (Phi) is 5.29. The van der Waals surface area contributed by atoms with Crippen LogP contribution in [-0.4, -0.2) is 40.2 Å². The van der Waals surface area contributed by atoms with Gasteiger partial charge in [0.15, 0.2) is 0 Å². The minimum absolute atomic E-state index is 0.182. The highest BCUT2D eigenvalue weighted by atomic mass is 16.4. The normalized spacial score (nSPS) is 13.9. The van der Waals surface area contributed by atoms with E-state index in [0.717, 1.165) is 48.7 Å². The fourth-order valence-corrected chi connectivity index (χ4v) is 3.59. The summed E-state index contributed by atoms with van der Waals surface area (Å²) in [5.74, 6) is 0.0254. The number of hydrogen-bond acceptors (Lipinski definition) is 5. The van der Waals surface area contributed by atoms with Gasteiger partial charge in [0.05, 0.1) is 34.4 Å². The summed E-state index contributed by atoms with van der Waals surface area (Å²) in [6.07, 6.45) is 4.04. The molecule has 2 N–H and O–H groups in total. The van der Waals surface area contributed by atoms with Crippen LogP contribution in [0.15, 0.2) is 59.7 Å². The summed E-state index contributed by atoms with van der Waals surface area (Å²) < 4.78 is 1.97. The van der Waals surface area contributed by atoms with Crippen LogP contribution in [0.4, 0.5) is 11.5 Å². The molecule has 7 heteroatoms. The molecule has 0 bridgehead atoms. The summed E-state index contributed by atoms with van der Waals surface area (Å²) >= 11 is 0. The number of aromatic nitrogens is 2. The van der Waals surface area contributed by atoms with Gasteiger partial charge >= 0.3 is 5.97 Å². The van der Waals surface area contributed by atoms with Crippen LogP contribution < -0.4 is 10.3 Å². The molecule has 1 aromatic heterocycles. The molecule has 148 valence electrons. The van der Waals surface area contributed by atoms with Crippen LogP contribution in [0.3, 0.4) is 0 Å². The van der Waals surface area contributed by atoms with Gasteiger partial charge in [0.25, 0.3) is 0 Å². The van der Waals surface area contributed by atoms with Gasteiger partial charge in [0, 0.05) is 13.1 Å². The van der Waals surface area contributed by atoms with Crippen LogP contribution in [0, 0.1) is 6.92 Å². The Balaban J connectivity index is 1.69. The molecule has 0 unspecified atom stereocenters. The first-order chi connectivity index (χ1) is 14.1. The van der Waals surface area contributed by atoms with Gasteiger partial charge in [0.1, 0.15) is 5.82 Å². The van der Waals surface area contributed by atoms with Crippen LogP contribution in [0.5, 0.6) is 0 Å². The SMILES string of the molecule is Cc1nn(-c2ccccc2)c(N2CCCC2)c1/C=N/Nc1ccccc1C(=O)O. The number of benzene rings is 2. The molecule has 0 aliphatic carbocycles. The van der Waals surface area contributed by atoms with E-state index in [1.165, 1.54) is 0 Å². The lowest BCUT2D eigenvalue weighted by Gasteiger charge is -2.20. The van der Waals surface area contributed by atoms with Crippen molar-refractivity contribution in [2.45, 2.75) is 19.8 Å². The number of aromatic carboxylic acids is 1. The van der Waals surface area contributed by atoms with Crippen molar-refractivity contribution in [2.24, 2.45) is 5.10 Å². The number of para-hydroxylation sites is 2. The van der Waals surface area contributed by atoms with Crippen molar-refractivity contribution in [3.05, 3.63) is 71.4 Å². The molecule has 29 heavy (non-hydrogen) atoms. The van der Waals surface area contributed by atoms with Crippen molar-refractivity contribution in [2.75, 3.05) is 23.4 Å². The first-order valence-electron chi connectivity index (χ1n) is 9.66. The fraction of sp³-hybridized carbons (Fsp3) is 0.227. The number of carbonyl (C=O) groups is 1. The van der Waals surface area contributed by atoms with Crippen molar-refractivity contribution < 1.29 is 9.90 Å². The quantitative estimate of drug-likeness (QED) is 0.493. The molecule has 0 spiro atoms. The van der Waals surface area contributed by atoms with E-state index >= 15 is 0 Å². The van der Waals surface area contributed by atoms with Gasteiger partial charge in [-0.25, -0.2) is 9.48 Å². The molecule has 1 aliphatic heterocycles. The molecule has 2 aromatic carbocycles. The van der Waals surface area contributed by atoms with Gasteiger partial charge in [-0.3, -0.25) is 5.43 Å². The number of nitrogens with one attached hydrogen (secondary N) is 1. The minimum atomic E-state index is -0.992. The van der Waals surface area contributed by atoms with E-state index in [9.17, 15) is 9.90 Å². The molecule has 7 nitrogen and oxygen atoms in total. The zero-order chi connectivity index (χ0) is 20.2. The minimum Gasteiger partial charge on any atom is -0.478 e. The smallest absolute Gasteiger partial charge is 0.337 e. The van der Waals surface area contributed by atoms with E-state index in [1.807, 2.05) is 41.9 Å². The lowest BCUT2D eigenvalue weighted by molar-refractivity contribution is 0.0698. The van der Waals surface area contributed by atoms with Crippen LogP contribution in [0.1, 0.15) is 34.5 Å². The van der Waals surface area contributed by atoms with E-state index in [4.69, 9.17) is 5.10 Å². The molecule has 0 saturated carbocycles. The molecular weight excluding hydrogens is 366 g/mol. The number of hydrogen-bond donors (Lipinski definition) is 2. The maximum absolute atomic E-state index is 11.4. The Bertz CT molecular complexity index is 1040. The Morgan fingerprint density at radius 1 is 1.10 bits per heavy atom. The molecule has 2 heterocycles. The Labute approximate surface area is 169 Å². The summed E-state index contributed by atoms with van der Waals surface area (Å²) in [5.41, 5.74) is 6.30.